The number of carbonyl (C=O) groups is 2. The summed E-state index contributed by atoms with van der Waals surface area (Å²) in [7, 11) is 3.31. The summed E-state index contributed by atoms with van der Waals surface area (Å²) in [6, 6.07) is 15.8. The topological polar surface area (TPSA) is 127 Å². The lowest BCUT2D eigenvalue weighted by atomic mass is 10.0. The van der Waals surface area contributed by atoms with Crippen molar-refractivity contribution < 1.29 is 9.59 Å². The molecule has 0 bridgehead atoms. The van der Waals surface area contributed by atoms with Crippen LogP contribution in [0.3, 0.4) is 0 Å². The first-order valence-corrected chi connectivity index (χ1v) is 9.68. The van der Waals surface area contributed by atoms with Gasteiger partial charge in [-0.2, -0.15) is 10.4 Å². The Bertz CT molecular complexity index is 1350. The van der Waals surface area contributed by atoms with E-state index in [9.17, 15) is 9.59 Å². The van der Waals surface area contributed by atoms with Crippen LogP contribution < -0.4 is 10.6 Å². The van der Waals surface area contributed by atoms with Crippen LogP contribution >= 0.6 is 0 Å². The minimum Gasteiger partial charge on any atom is -0.331 e. The van der Waals surface area contributed by atoms with Crippen LogP contribution in [0.2, 0.25) is 0 Å². The number of pyridine rings is 1. The number of amides is 3. The van der Waals surface area contributed by atoms with Gasteiger partial charge in [0.2, 0.25) is 0 Å². The summed E-state index contributed by atoms with van der Waals surface area (Å²) in [6.45, 7) is 0. The Morgan fingerprint density at radius 2 is 1.75 bits per heavy atom. The number of hydrogen-bond acceptors (Lipinski definition) is 5. The maximum atomic E-state index is 12.8. The van der Waals surface area contributed by atoms with Gasteiger partial charge in [0.25, 0.3) is 5.91 Å². The normalized spacial score (nSPS) is 10.4. The van der Waals surface area contributed by atoms with Crippen molar-refractivity contribution in [3.05, 3.63) is 72.2 Å². The Balaban J connectivity index is 1.62. The first-order chi connectivity index (χ1) is 15.4. The van der Waals surface area contributed by atoms with E-state index in [0.29, 0.717) is 27.8 Å². The van der Waals surface area contributed by atoms with Crippen LogP contribution in [0.4, 0.5) is 16.2 Å². The van der Waals surface area contributed by atoms with Crippen molar-refractivity contribution in [2.24, 2.45) is 0 Å². The molecule has 0 fully saturated rings. The highest BCUT2D eigenvalue weighted by atomic mass is 16.2. The highest BCUT2D eigenvalue weighted by Gasteiger charge is 2.16. The molecule has 0 spiro atoms. The van der Waals surface area contributed by atoms with Gasteiger partial charge in [0, 0.05) is 36.9 Å². The van der Waals surface area contributed by atoms with Crippen LogP contribution in [0.5, 0.6) is 0 Å². The van der Waals surface area contributed by atoms with E-state index in [1.54, 1.807) is 50.8 Å². The van der Waals surface area contributed by atoms with E-state index in [0.717, 1.165) is 11.1 Å². The predicted octanol–water partition coefficient (Wildman–Crippen LogP) is 3.84. The number of nitriles is 1. The molecular weight excluding hydrogens is 406 g/mol. The number of carbonyl (C=O) groups excluding carboxylic acids is 2. The molecule has 0 aliphatic carbocycles. The van der Waals surface area contributed by atoms with Crippen LogP contribution in [0.1, 0.15) is 16.1 Å². The standard InChI is InChI=1S/C23H19N7O2/c1-30(2)23(32)27-18-9-16(12-25-13-18)15-5-8-20-19(10-15)21(29-28-20)22(31)26-17-6-3-14(11-24)4-7-17/h3-10,12-13H,1-2H3,(H,26,31)(H,27,32)(H,28,29). The summed E-state index contributed by atoms with van der Waals surface area (Å²) in [5.74, 6) is -0.372. The summed E-state index contributed by atoms with van der Waals surface area (Å²) >= 11 is 0. The molecular formula is C23H19N7O2. The Kier molecular flexibility index (Phi) is 5.51. The van der Waals surface area contributed by atoms with Gasteiger partial charge >= 0.3 is 6.03 Å². The van der Waals surface area contributed by atoms with E-state index in [4.69, 9.17) is 5.26 Å². The van der Waals surface area contributed by atoms with Crippen molar-refractivity contribution in [1.29, 1.82) is 5.26 Å². The van der Waals surface area contributed by atoms with E-state index in [1.165, 1.54) is 4.90 Å². The zero-order chi connectivity index (χ0) is 22.7. The molecule has 0 saturated heterocycles. The zero-order valence-electron chi connectivity index (χ0n) is 17.4. The highest BCUT2D eigenvalue weighted by molar-refractivity contribution is 6.11. The van der Waals surface area contributed by atoms with Crippen molar-refractivity contribution >= 4 is 34.2 Å². The van der Waals surface area contributed by atoms with Crippen LogP contribution in [-0.2, 0) is 0 Å². The monoisotopic (exact) mass is 425 g/mol. The summed E-state index contributed by atoms with van der Waals surface area (Å²) in [5, 5.41) is 22.2. The number of benzene rings is 2. The lowest BCUT2D eigenvalue weighted by Crippen LogP contribution is -2.27. The van der Waals surface area contributed by atoms with Gasteiger partial charge in [0.05, 0.1) is 29.0 Å². The molecule has 0 aliphatic heterocycles. The number of hydrogen-bond donors (Lipinski definition) is 3. The molecule has 2 aromatic heterocycles. The Morgan fingerprint density at radius 3 is 2.47 bits per heavy atom. The number of rotatable bonds is 4. The molecule has 3 amide bonds. The summed E-state index contributed by atoms with van der Waals surface area (Å²) in [5.41, 5.74) is 4.19. The van der Waals surface area contributed by atoms with Gasteiger partial charge in [-0.15, -0.1) is 0 Å². The predicted molar refractivity (Wildman–Crippen MR) is 121 cm³/mol. The quantitative estimate of drug-likeness (QED) is 0.458. The minimum absolute atomic E-state index is 0.247. The van der Waals surface area contributed by atoms with Crippen LogP contribution in [0, 0.1) is 11.3 Å². The molecule has 2 aromatic carbocycles. The van der Waals surface area contributed by atoms with Gasteiger partial charge in [0.15, 0.2) is 5.69 Å². The number of aromatic nitrogens is 3. The third-order valence-electron chi connectivity index (χ3n) is 4.78. The van der Waals surface area contributed by atoms with Gasteiger partial charge < -0.3 is 15.5 Å². The molecule has 0 radical (unpaired) electrons. The fourth-order valence-electron chi connectivity index (χ4n) is 3.09. The second-order valence-electron chi connectivity index (χ2n) is 7.26. The van der Waals surface area contributed by atoms with Gasteiger partial charge in [-0.25, -0.2) is 4.79 Å². The Hall–Kier alpha value is -4.71. The van der Waals surface area contributed by atoms with Crippen molar-refractivity contribution in [3.63, 3.8) is 0 Å². The van der Waals surface area contributed by atoms with Crippen molar-refractivity contribution in [2.75, 3.05) is 24.7 Å². The van der Waals surface area contributed by atoms with Crippen molar-refractivity contribution in [3.8, 4) is 17.2 Å². The lowest BCUT2D eigenvalue weighted by Gasteiger charge is -2.12. The molecule has 0 atom stereocenters. The number of H-pyrrole nitrogens is 1. The van der Waals surface area contributed by atoms with E-state index in [2.05, 4.69) is 25.8 Å². The molecule has 3 N–H and O–H groups in total. The molecule has 4 aromatic rings. The zero-order valence-corrected chi connectivity index (χ0v) is 17.4. The molecule has 0 saturated carbocycles. The Morgan fingerprint density at radius 1 is 0.969 bits per heavy atom. The maximum absolute atomic E-state index is 12.8. The molecule has 0 unspecified atom stereocenters. The van der Waals surface area contributed by atoms with Crippen LogP contribution in [0.25, 0.3) is 22.0 Å². The number of fused-ring (bicyclic) bond motifs is 1. The second kappa shape index (κ2) is 8.57. The average Bonchev–Trinajstić information content (AvgIpc) is 3.23. The van der Waals surface area contributed by atoms with E-state index >= 15 is 0 Å². The second-order valence-corrected chi connectivity index (χ2v) is 7.26. The van der Waals surface area contributed by atoms with Gasteiger partial charge in [-0.3, -0.25) is 14.9 Å². The fraction of sp³-hybridized carbons (Fsp3) is 0.0870. The number of urea groups is 1. The SMILES string of the molecule is CN(C)C(=O)Nc1cncc(-c2ccc3[nH]nc(C(=O)Nc4ccc(C#N)cc4)c3c2)c1. The first kappa shape index (κ1) is 20.6. The Labute approximate surface area is 183 Å². The van der Waals surface area contributed by atoms with Crippen molar-refractivity contribution in [1.82, 2.24) is 20.1 Å². The highest BCUT2D eigenvalue weighted by Crippen LogP contribution is 2.27. The molecule has 9 nitrogen and oxygen atoms in total. The lowest BCUT2D eigenvalue weighted by molar-refractivity contribution is 0.102. The van der Waals surface area contributed by atoms with Crippen molar-refractivity contribution in [2.45, 2.75) is 0 Å². The largest absolute Gasteiger partial charge is 0.331 e. The average molecular weight is 425 g/mol. The van der Waals surface area contributed by atoms with Gasteiger partial charge in [-0.05, 0) is 48.0 Å². The number of nitrogens with zero attached hydrogens (tertiary/aromatic N) is 4. The van der Waals surface area contributed by atoms with Gasteiger partial charge in [-0.1, -0.05) is 6.07 Å². The molecule has 4 rings (SSSR count). The summed E-state index contributed by atoms with van der Waals surface area (Å²) < 4.78 is 0. The van der Waals surface area contributed by atoms with E-state index in [-0.39, 0.29) is 17.6 Å². The maximum Gasteiger partial charge on any atom is 0.321 e. The minimum atomic E-state index is -0.372. The molecule has 32 heavy (non-hydrogen) atoms. The fourth-order valence-corrected chi connectivity index (χ4v) is 3.09. The molecule has 158 valence electrons. The molecule has 9 heteroatoms. The van der Waals surface area contributed by atoms with Crippen LogP contribution in [0.15, 0.2) is 60.9 Å². The van der Waals surface area contributed by atoms with Crippen LogP contribution in [-0.4, -0.2) is 46.1 Å². The van der Waals surface area contributed by atoms with Gasteiger partial charge in [0.1, 0.15) is 0 Å². The number of nitrogens with one attached hydrogen (secondary N) is 3. The smallest absolute Gasteiger partial charge is 0.321 e. The summed E-state index contributed by atoms with van der Waals surface area (Å²) in [6.07, 6.45) is 3.25. The van der Waals surface area contributed by atoms with E-state index in [1.807, 2.05) is 30.3 Å². The summed E-state index contributed by atoms with van der Waals surface area (Å²) in [4.78, 5) is 30.4. The third-order valence-corrected chi connectivity index (χ3v) is 4.78. The number of aromatic amines is 1. The first-order valence-electron chi connectivity index (χ1n) is 9.68. The molecule has 0 aliphatic rings. The molecule has 2 heterocycles. The van der Waals surface area contributed by atoms with E-state index < -0.39 is 0 Å². The number of anilines is 2. The third kappa shape index (κ3) is 4.24.